The van der Waals surface area contributed by atoms with Crippen LogP contribution in [-0.2, 0) is 5.75 Å². The molecule has 4 nitrogen and oxygen atoms in total. The Labute approximate surface area is 148 Å². The second-order valence-corrected chi connectivity index (χ2v) is 6.35. The first-order chi connectivity index (χ1) is 11.7. The molecule has 0 amide bonds. The van der Waals surface area contributed by atoms with E-state index in [1.165, 1.54) is 24.0 Å². The molecule has 0 saturated heterocycles. The molecular weight excluding hydrogens is 351 g/mol. The average Bonchev–Trinajstić information content (AvgIpc) is 2.54. The van der Waals surface area contributed by atoms with Crippen molar-refractivity contribution in [1.29, 1.82) is 0 Å². The van der Waals surface area contributed by atoms with Gasteiger partial charge in [0.1, 0.15) is 5.75 Å². The van der Waals surface area contributed by atoms with Crippen LogP contribution in [0.4, 0.5) is 18.9 Å². The number of rotatable bonds is 5. The lowest BCUT2D eigenvalue weighted by Crippen LogP contribution is -2.19. The number of aryl methyl sites for hydroxylation is 1. The summed E-state index contributed by atoms with van der Waals surface area (Å²) in [6.07, 6.45) is -2.96. The third-order valence-electron chi connectivity index (χ3n) is 3.28. The first-order valence-corrected chi connectivity index (χ1v) is 8.41. The summed E-state index contributed by atoms with van der Waals surface area (Å²) in [5.41, 5.74) is 8.93. The van der Waals surface area contributed by atoms with Gasteiger partial charge in [0.25, 0.3) is 0 Å². The molecule has 0 bridgehead atoms. The summed E-state index contributed by atoms with van der Waals surface area (Å²) in [5, 5.41) is 0.353. The monoisotopic (exact) mass is 369 g/mol. The number of benzene rings is 1. The lowest BCUT2D eigenvalue weighted by Gasteiger charge is -2.13. The van der Waals surface area contributed by atoms with E-state index in [0.29, 0.717) is 22.2 Å². The van der Waals surface area contributed by atoms with E-state index in [1.807, 2.05) is 31.2 Å². The van der Waals surface area contributed by atoms with Gasteiger partial charge >= 0.3 is 6.18 Å². The fraction of sp³-hybridized carbons (Fsp3) is 0.294. The van der Waals surface area contributed by atoms with Gasteiger partial charge in [0.2, 0.25) is 0 Å². The first kappa shape index (κ1) is 19.1. The van der Waals surface area contributed by atoms with E-state index >= 15 is 0 Å². The summed E-state index contributed by atoms with van der Waals surface area (Å²) in [6, 6.07) is 9.00. The Balaban J connectivity index is 2.01. The summed E-state index contributed by atoms with van der Waals surface area (Å²) in [7, 11) is 0. The van der Waals surface area contributed by atoms with Gasteiger partial charge in [0.15, 0.2) is 11.8 Å². The number of hydrogen-bond acceptors (Lipinski definition) is 4. The molecule has 1 heterocycles. The van der Waals surface area contributed by atoms with E-state index in [9.17, 15) is 13.2 Å². The van der Waals surface area contributed by atoms with Gasteiger partial charge in [-0.3, -0.25) is 4.98 Å². The van der Waals surface area contributed by atoms with Gasteiger partial charge in [-0.2, -0.15) is 13.2 Å². The van der Waals surface area contributed by atoms with Gasteiger partial charge in [0.05, 0.1) is 11.4 Å². The highest BCUT2D eigenvalue weighted by Gasteiger charge is 2.28. The molecule has 0 aliphatic rings. The zero-order chi connectivity index (χ0) is 18.4. The van der Waals surface area contributed by atoms with Crippen LogP contribution < -0.4 is 10.5 Å². The van der Waals surface area contributed by atoms with Crippen LogP contribution in [0.25, 0.3) is 0 Å². The fourth-order valence-electron chi connectivity index (χ4n) is 1.94. The quantitative estimate of drug-likeness (QED) is 0.622. The number of aromatic nitrogens is 1. The van der Waals surface area contributed by atoms with Gasteiger partial charge < -0.3 is 10.5 Å². The lowest BCUT2D eigenvalue weighted by atomic mass is 10.2. The van der Waals surface area contributed by atoms with E-state index in [0.717, 1.165) is 11.3 Å². The minimum Gasteiger partial charge on any atom is -0.484 e. The van der Waals surface area contributed by atoms with Gasteiger partial charge in [0, 0.05) is 17.5 Å². The van der Waals surface area contributed by atoms with Crippen LogP contribution in [0, 0.1) is 13.8 Å². The van der Waals surface area contributed by atoms with E-state index < -0.39 is 12.8 Å². The molecule has 0 radical (unpaired) electrons. The molecule has 0 unspecified atom stereocenters. The largest absolute Gasteiger partial charge is 0.484 e. The van der Waals surface area contributed by atoms with Gasteiger partial charge in [-0.15, -0.1) is 0 Å². The maximum atomic E-state index is 12.3. The normalized spacial score (nSPS) is 12.3. The zero-order valence-electron chi connectivity index (χ0n) is 13.8. The summed E-state index contributed by atoms with van der Waals surface area (Å²) in [5.74, 6) is 0.549. The molecule has 0 fully saturated rings. The van der Waals surface area contributed by atoms with Crippen molar-refractivity contribution in [2.75, 3.05) is 6.61 Å². The van der Waals surface area contributed by atoms with Crippen molar-refractivity contribution in [2.45, 2.75) is 25.8 Å². The third-order valence-corrected chi connectivity index (χ3v) is 4.08. The highest BCUT2D eigenvalue weighted by atomic mass is 32.2. The van der Waals surface area contributed by atoms with Crippen molar-refractivity contribution in [1.82, 2.24) is 4.98 Å². The van der Waals surface area contributed by atoms with Crippen LogP contribution in [0.5, 0.6) is 5.75 Å². The maximum Gasteiger partial charge on any atom is 0.422 e. The predicted octanol–water partition coefficient (Wildman–Crippen LogP) is 4.52. The van der Waals surface area contributed by atoms with Crippen molar-refractivity contribution in [3.8, 4) is 5.75 Å². The van der Waals surface area contributed by atoms with Crippen molar-refractivity contribution in [3.63, 3.8) is 0 Å². The SMILES string of the molecule is Cc1ccc(N=C(N)SCc2nccc(OCC(F)(F)F)c2C)cc1. The second-order valence-electron chi connectivity index (χ2n) is 5.36. The Bertz CT molecular complexity index is 746. The fourth-order valence-corrected chi connectivity index (χ4v) is 2.69. The van der Waals surface area contributed by atoms with Crippen LogP contribution in [0.1, 0.15) is 16.8 Å². The van der Waals surface area contributed by atoms with Crippen LogP contribution in [0.3, 0.4) is 0 Å². The van der Waals surface area contributed by atoms with E-state index in [4.69, 9.17) is 10.5 Å². The molecule has 0 spiro atoms. The minimum absolute atomic E-state index is 0.164. The molecular formula is C17H18F3N3OS. The Kier molecular flexibility index (Phi) is 6.30. The van der Waals surface area contributed by atoms with Crippen molar-refractivity contribution < 1.29 is 17.9 Å². The highest BCUT2D eigenvalue weighted by Crippen LogP contribution is 2.25. The Hall–Kier alpha value is -2.22. The molecule has 2 aromatic rings. The number of pyridine rings is 1. The van der Waals surface area contributed by atoms with Gasteiger partial charge in [-0.1, -0.05) is 29.5 Å². The molecule has 25 heavy (non-hydrogen) atoms. The Morgan fingerprint density at radius 2 is 1.88 bits per heavy atom. The molecule has 1 aromatic carbocycles. The van der Waals surface area contributed by atoms with Crippen molar-refractivity contribution in [2.24, 2.45) is 10.7 Å². The van der Waals surface area contributed by atoms with Crippen LogP contribution in [0.2, 0.25) is 0 Å². The highest BCUT2D eigenvalue weighted by molar-refractivity contribution is 8.13. The number of nitrogens with two attached hydrogens (primary N) is 1. The molecule has 0 aliphatic heterocycles. The van der Waals surface area contributed by atoms with Gasteiger partial charge in [-0.25, -0.2) is 4.99 Å². The van der Waals surface area contributed by atoms with Crippen LogP contribution in [-0.4, -0.2) is 22.9 Å². The number of hydrogen-bond donors (Lipinski definition) is 1. The summed E-state index contributed by atoms with van der Waals surface area (Å²) >= 11 is 1.26. The predicted molar refractivity (Wildman–Crippen MR) is 94.3 cm³/mol. The van der Waals surface area contributed by atoms with Crippen molar-refractivity contribution in [3.05, 3.63) is 53.3 Å². The van der Waals surface area contributed by atoms with E-state index in [1.54, 1.807) is 6.92 Å². The molecule has 0 aliphatic carbocycles. The summed E-state index contributed by atoms with van der Waals surface area (Å²) in [6.45, 7) is 2.32. The zero-order valence-corrected chi connectivity index (χ0v) is 14.6. The summed E-state index contributed by atoms with van der Waals surface area (Å²) in [4.78, 5) is 8.47. The lowest BCUT2D eigenvalue weighted by molar-refractivity contribution is -0.153. The molecule has 134 valence electrons. The van der Waals surface area contributed by atoms with Crippen LogP contribution in [0.15, 0.2) is 41.5 Å². The number of thioether (sulfide) groups is 1. The third kappa shape index (κ3) is 6.30. The maximum absolute atomic E-state index is 12.3. The smallest absolute Gasteiger partial charge is 0.422 e. The van der Waals surface area contributed by atoms with Gasteiger partial charge in [-0.05, 0) is 32.0 Å². The molecule has 2 N–H and O–H groups in total. The average molecular weight is 369 g/mol. The number of alkyl halides is 3. The molecule has 8 heteroatoms. The van der Waals surface area contributed by atoms with E-state index in [-0.39, 0.29) is 5.75 Å². The minimum atomic E-state index is -4.38. The molecule has 2 rings (SSSR count). The topological polar surface area (TPSA) is 60.5 Å². The standard InChI is InChI=1S/C17H18F3N3OS/c1-11-3-5-13(6-4-11)23-16(21)25-9-14-12(2)15(7-8-22-14)24-10-17(18,19)20/h3-8H,9-10H2,1-2H3,(H2,21,23). The Morgan fingerprint density at radius 1 is 1.20 bits per heavy atom. The molecule has 0 saturated carbocycles. The summed E-state index contributed by atoms with van der Waals surface area (Å²) < 4.78 is 41.7. The molecule has 0 atom stereocenters. The number of ether oxygens (including phenoxy) is 1. The van der Waals surface area contributed by atoms with Crippen LogP contribution >= 0.6 is 11.8 Å². The number of nitrogens with zero attached hydrogens (tertiary/aromatic N) is 2. The van der Waals surface area contributed by atoms with Crippen molar-refractivity contribution >= 4 is 22.6 Å². The van der Waals surface area contributed by atoms with E-state index in [2.05, 4.69) is 9.98 Å². The first-order valence-electron chi connectivity index (χ1n) is 7.42. The molecule has 1 aromatic heterocycles. The Morgan fingerprint density at radius 3 is 2.52 bits per heavy atom. The second kappa shape index (κ2) is 8.24. The number of amidine groups is 1. The number of halogens is 3. The number of aliphatic imine (C=N–C) groups is 1.